The molecule has 0 radical (unpaired) electrons. The fraction of sp³-hybridized carbons (Fsp3) is 0.250. The lowest BCUT2D eigenvalue weighted by atomic mass is 10.3. The van der Waals surface area contributed by atoms with Gasteiger partial charge in [0.25, 0.3) is 0 Å². The van der Waals surface area contributed by atoms with Crippen LogP contribution in [0.3, 0.4) is 0 Å². The van der Waals surface area contributed by atoms with Crippen LogP contribution in [0.4, 0.5) is 4.39 Å². The largest absolute Gasteiger partial charge is 0.483 e. The molecule has 0 spiro atoms. The molecule has 1 atom stereocenters. The summed E-state index contributed by atoms with van der Waals surface area (Å²) in [4.78, 5) is 4.32. The monoisotopic (exact) mass is 349 g/mol. The summed E-state index contributed by atoms with van der Waals surface area (Å²) < 4.78 is 19.4. The molecule has 2 rings (SSSR count). The topological polar surface area (TPSA) is 22.1 Å². The van der Waals surface area contributed by atoms with E-state index in [0.717, 1.165) is 10.7 Å². The summed E-state index contributed by atoms with van der Waals surface area (Å²) in [5.74, 6) is 0.516. The fourth-order valence-electron chi connectivity index (χ4n) is 1.38. The van der Waals surface area contributed by atoms with Gasteiger partial charge in [-0.15, -0.1) is 22.9 Å². The van der Waals surface area contributed by atoms with Gasteiger partial charge in [0.15, 0.2) is 0 Å². The Balaban J connectivity index is 2.10. The van der Waals surface area contributed by atoms with Crippen LogP contribution in [0.2, 0.25) is 0 Å². The minimum atomic E-state index is -0.347. The highest BCUT2D eigenvalue weighted by Crippen LogP contribution is 2.27. The van der Waals surface area contributed by atoms with Gasteiger partial charge in [-0.3, -0.25) is 0 Å². The van der Waals surface area contributed by atoms with Crippen molar-refractivity contribution in [1.82, 2.24) is 4.98 Å². The maximum Gasteiger partial charge on any atom is 0.147 e. The van der Waals surface area contributed by atoms with Gasteiger partial charge < -0.3 is 4.74 Å². The van der Waals surface area contributed by atoms with Gasteiger partial charge in [0.05, 0.1) is 16.0 Å². The Bertz CT molecular complexity index is 549. The van der Waals surface area contributed by atoms with Gasteiger partial charge in [0, 0.05) is 11.4 Å². The van der Waals surface area contributed by atoms with E-state index < -0.39 is 0 Å². The van der Waals surface area contributed by atoms with Crippen molar-refractivity contribution in [2.45, 2.75) is 18.9 Å². The Kier molecular flexibility index (Phi) is 4.59. The zero-order valence-electron chi connectivity index (χ0n) is 9.49. The second-order valence-corrected chi connectivity index (χ2v) is 5.66. The van der Waals surface area contributed by atoms with Crippen molar-refractivity contribution in [3.05, 3.63) is 44.6 Å². The Hall–Kier alpha value is -0.650. The number of ether oxygens (including phenoxy) is 1. The summed E-state index contributed by atoms with van der Waals surface area (Å²) in [7, 11) is 0. The molecule has 1 heterocycles. The lowest BCUT2D eigenvalue weighted by Crippen LogP contribution is -2.03. The average Bonchev–Trinajstić information content (AvgIpc) is 2.82. The number of alkyl halides is 1. The molecular weight excluding hydrogens is 341 g/mol. The molecule has 2 aromatic rings. The fourth-order valence-corrected chi connectivity index (χ4v) is 2.65. The van der Waals surface area contributed by atoms with Crippen LogP contribution >= 0.6 is 38.9 Å². The molecule has 0 saturated heterocycles. The highest BCUT2D eigenvalue weighted by molar-refractivity contribution is 9.10. The van der Waals surface area contributed by atoms with Gasteiger partial charge in [-0.2, -0.15) is 0 Å². The van der Waals surface area contributed by atoms with E-state index in [1.165, 1.54) is 17.4 Å². The lowest BCUT2D eigenvalue weighted by Gasteiger charge is -2.12. The molecule has 1 aromatic heterocycles. The van der Waals surface area contributed by atoms with E-state index in [9.17, 15) is 4.39 Å². The van der Waals surface area contributed by atoms with Gasteiger partial charge >= 0.3 is 0 Å². The first-order valence-electron chi connectivity index (χ1n) is 5.22. The van der Waals surface area contributed by atoms with Gasteiger partial charge in [0.2, 0.25) is 0 Å². The maximum absolute atomic E-state index is 13.3. The molecule has 0 fully saturated rings. The van der Waals surface area contributed by atoms with E-state index >= 15 is 0 Å². The van der Waals surface area contributed by atoms with E-state index in [4.69, 9.17) is 16.3 Å². The molecule has 0 aliphatic rings. The van der Waals surface area contributed by atoms with Crippen LogP contribution in [0.15, 0.2) is 28.1 Å². The summed E-state index contributed by atoms with van der Waals surface area (Å²) in [6.07, 6.45) is -0.229. The molecule has 96 valence electrons. The first-order chi connectivity index (χ1) is 8.60. The second-order valence-electron chi connectivity index (χ2n) is 3.65. The highest BCUT2D eigenvalue weighted by atomic mass is 79.9. The number of benzene rings is 1. The number of nitrogens with zero attached hydrogens (tertiary/aromatic N) is 1. The van der Waals surface area contributed by atoms with Gasteiger partial charge in [-0.1, -0.05) is 0 Å². The van der Waals surface area contributed by atoms with Crippen LogP contribution in [0.5, 0.6) is 5.75 Å². The molecule has 0 aliphatic heterocycles. The predicted octanol–water partition coefficient (Wildman–Crippen LogP) is 4.92. The molecule has 0 N–H and O–H groups in total. The maximum atomic E-state index is 13.3. The van der Waals surface area contributed by atoms with Crippen molar-refractivity contribution in [1.29, 1.82) is 0 Å². The van der Waals surface area contributed by atoms with Gasteiger partial charge in [0.1, 0.15) is 22.7 Å². The van der Waals surface area contributed by atoms with E-state index in [1.807, 2.05) is 12.3 Å². The zero-order chi connectivity index (χ0) is 13.1. The summed E-state index contributed by atoms with van der Waals surface area (Å²) >= 11 is 10.3. The van der Waals surface area contributed by atoms with E-state index in [2.05, 4.69) is 20.9 Å². The van der Waals surface area contributed by atoms with Crippen LogP contribution in [0.25, 0.3) is 0 Å². The van der Waals surface area contributed by atoms with Gasteiger partial charge in [-0.25, -0.2) is 9.37 Å². The number of hydrogen-bond donors (Lipinski definition) is 0. The molecule has 2 nitrogen and oxygen atoms in total. The minimum absolute atomic E-state index is 0.229. The molecule has 1 unspecified atom stereocenters. The van der Waals surface area contributed by atoms with Crippen LogP contribution in [0.1, 0.15) is 23.7 Å². The Morgan fingerprint density at radius 2 is 2.33 bits per heavy atom. The predicted molar refractivity (Wildman–Crippen MR) is 74.8 cm³/mol. The molecule has 0 saturated carbocycles. The first kappa shape index (κ1) is 13.8. The summed E-state index contributed by atoms with van der Waals surface area (Å²) in [6, 6.07) is 4.67. The van der Waals surface area contributed by atoms with Crippen LogP contribution in [-0.2, 0) is 5.88 Å². The molecule has 18 heavy (non-hydrogen) atoms. The van der Waals surface area contributed by atoms with Crippen molar-refractivity contribution >= 4 is 38.9 Å². The Morgan fingerprint density at radius 3 is 2.94 bits per heavy atom. The Morgan fingerprint density at radius 1 is 1.56 bits per heavy atom. The quantitative estimate of drug-likeness (QED) is 0.730. The number of rotatable bonds is 4. The third kappa shape index (κ3) is 3.22. The lowest BCUT2D eigenvalue weighted by molar-refractivity contribution is 0.225. The highest BCUT2D eigenvalue weighted by Gasteiger charge is 2.12. The normalized spacial score (nSPS) is 12.4. The smallest absolute Gasteiger partial charge is 0.147 e. The SMILES string of the molecule is CC(Oc1ccc(Br)c(F)c1)c1nc(CCl)cs1. The van der Waals surface area contributed by atoms with Crippen molar-refractivity contribution in [2.24, 2.45) is 0 Å². The van der Waals surface area contributed by atoms with E-state index in [0.29, 0.717) is 16.1 Å². The molecule has 0 amide bonds. The number of aromatic nitrogens is 1. The summed E-state index contributed by atoms with van der Waals surface area (Å²) in [6.45, 7) is 1.87. The Labute approximate surface area is 122 Å². The molecule has 1 aromatic carbocycles. The summed E-state index contributed by atoms with van der Waals surface area (Å²) in [5, 5.41) is 2.72. The average molecular weight is 351 g/mol. The first-order valence-corrected chi connectivity index (χ1v) is 7.43. The minimum Gasteiger partial charge on any atom is -0.483 e. The van der Waals surface area contributed by atoms with Crippen molar-refractivity contribution in [2.75, 3.05) is 0 Å². The number of hydrogen-bond acceptors (Lipinski definition) is 3. The van der Waals surface area contributed by atoms with E-state index in [-0.39, 0.29) is 11.9 Å². The van der Waals surface area contributed by atoms with Crippen molar-refractivity contribution in [3.63, 3.8) is 0 Å². The summed E-state index contributed by atoms with van der Waals surface area (Å²) in [5.41, 5.74) is 0.828. The zero-order valence-corrected chi connectivity index (χ0v) is 12.6. The standard InChI is InChI=1S/C12H10BrClFNOS/c1-7(12-16-8(5-14)6-18-12)17-9-2-3-10(13)11(15)4-9/h2-4,6-7H,5H2,1H3. The van der Waals surface area contributed by atoms with E-state index in [1.54, 1.807) is 12.1 Å². The number of halogens is 3. The molecule has 0 bridgehead atoms. The third-order valence-electron chi connectivity index (χ3n) is 2.26. The number of thiazole rings is 1. The van der Waals surface area contributed by atoms with Crippen molar-refractivity contribution in [3.8, 4) is 5.75 Å². The third-order valence-corrected chi connectivity index (χ3v) is 4.23. The van der Waals surface area contributed by atoms with Crippen LogP contribution in [0, 0.1) is 5.82 Å². The van der Waals surface area contributed by atoms with Crippen molar-refractivity contribution < 1.29 is 9.13 Å². The molecular formula is C12H10BrClFNOS. The van der Waals surface area contributed by atoms with Crippen LogP contribution in [-0.4, -0.2) is 4.98 Å². The second kappa shape index (κ2) is 5.99. The molecule has 6 heteroatoms. The van der Waals surface area contributed by atoms with Crippen LogP contribution < -0.4 is 4.74 Å². The molecule has 0 aliphatic carbocycles. The van der Waals surface area contributed by atoms with Gasteiger partial charge in [-0.05, 0) is 35.0 Å².